The summed E-state index contributed by atoms with van der Waals surface area (Å²) in [6, 6.07) is 11.0. The molecule has 0 aliphatic carbocycles. The van der Waals surface area contributed by atoms with Crippen molar-refractivity contribution >= 4 is 15.7 Å². The van der Waals surface area contributed by atoms with E-state index >= 15 is 0 Å². The van der Waals surface area contributed by atoms with Crippen LogP contribution in [0.2, 0.25) is 0 Å². The van der Waals surface area contributed by atoms with Crippen LogP contribution in [0.1, 0.15) is 12.5 Å². The second-order valence-corrected chi connectivity index (χ2v) is 6.07. The van der Waals surface area contributed by atoms with Gasteiger partial charge in [0.1, 0.15) is 5.75 Å². The maximum Gasteiger partial charge on any atom is 0.229 e. The van der Waals surface area contributed by atoms with Crippen LogP contribution in [0.25, 0.3) is 0 Å². The van der Waals surface area contributed by atoms with E-state index in [9.17, 15) is 8.42 Å². The number of sulfonamides is 1. The molecule has 1 aromatic carbocycles. The molecule has 6 heteroatoms. The molecule has 0 unspecified atom stereocenters. The zero-order valence-electron chi connectivity index (χ0n) is 11.3. The summed E-state index contributed by atoms with van der Waals surface area (Å²) < 4.78 is 30.2. The highest BCUT2D eigenvalue weighted by Gasteiger charge is 2.05. The van der Waals surface area contributed by atoms with E-state index in [0.29, 0.717) is 11.6 Å². The SMILES string of the molecule is CCc1ccccc1Oc1ccc(NS(C)(=O)=O)cn1. The standard InChI is InChI=1S/C14H16N2O3S/c1-3-11-6-4-5-7-13(11)19-14-9-8-12(10-15-14)16-20(2,17)18/h4-10,16H,3H2,1-2H3. The monoisotopic (exact) mass is 292 g/mol. The zero-order valence-corrected chi connectivity index (χ0v) is 12.1. The molecule has 0 spiro atoms. The lowest BCUT2D eigenvalue weighted by atomic mass is 10.1. The van der Waals surface area contributed by atoms with Crippen LogP contribution < -0.4 is 9.46 Å². The number of rotatable bonds is 5. The number of nitrogens with zero attached hydrogens (tertiary/aromatic N) is 1. The zero-order chi connectivity index (χ0) is 14.6. The third-order valence-corrected chi connectivity index (χ3v) is 3.21. The summed E-state index contributed by atoms with van der Waals surface area (Å²) in [5.41, 5.74) is 1.50. The second-order valence-electron chi connectivity index (χ2n) is 4.32. The van der Waals surface area contributed by atoms with Gasteiger partial charge in [0.2, 0.25) is 15.9 Å². The Labute approximate surface area is 118 Å². The molecule has 1 aromatic heterocycles. The first-order valence-corrected chi connectivity index (χ1v) is 8.06. The van der Waals surface area contributed by atoms with Gasteiger partial charge in [-0.25, -0.2) is 13.4 Å². The number of para-hydroxylation sites is 1. The van der Waals surface area contributed by atoms with E-state index in [-0.39, 0.29) is 0 Å². The van der Waals surface area contributed by atoms with Crippen LogP contribution in [0.5, 0.6) is 11.6 Å². The lowest BCUT2D eigenvalue weighted by Crippen LogP contribution is -2.09. The fourth-order valence-corrected chi connectivity index (χ4v) is 2.27. The smallest absolute Gasteiger partial charge is 0.229 e. The summed E-state index contributed by atoms with van der Waals surface area (Å²) in [6.45, 7) is 2.05. The molecule has 2 aromatic rings. The number of anilines is 1. The Hall–Kier alpha value is -2.08. The molecule has 0 saturated heterocycles. The summed E-state index contributed by atoms with van der Waals surface area (Å²) in [7, 11) is -3.29. The van der Waals surface area contributed by atoms with Crippen LogP contribution in [0, 0.1) is 0 Å². The number of aryl methyl sites for hydroxylation is 1. The van der Waals surface area contributed by atoms with Crippen molar-refractivity contribution in [3.63, 3.8) is 0 Å². The van der Waals surface area contributed by atoms with E-state index in [4.69, 9.17) is 4.74 Å². The highest BCUT2D eigenvalue weighted by Crippen LogP contribution is 2.24. The minimum atomic E-state index is -3.29. The quantitative estimate of drug-likeness (QED) is 0.920. The Morgan fingerprint density at radius 2 is 1.95 bits per heavy atom. The Morgan fingerprint density at radius 3 is 2.55 bits per heavy atom. The van der Waals surface area contributed by atoms with E-state index in [1.54, 1.807) is 12.1 Å². The van der Waals surface area contributed by atoms with Crippen molar-refractivity contribution < 1.29 is 13.2 Å². The average molecular weight is 292 g/mol. The summed E-state index contributed by atoms with van der Waals surface area (Å²) in [5, 5.41) is 0. The van der Waals surface area contributed by atoms with Gasteiger partial charge in [-0.1, -0.05) is 25.1 Å². The molecule has 0 atom stereocenters. The number of hydrogen-bond acceptors (Lipinski definition) is 4. The first-order valence-electron chi connectivity index (χ1n) is 6.17. The van der Waals surface area contributed by atoms with Crippen molar-refractivity contribution in [3.8, 4) is 11.6 Å². The van der Waals surface area contributed by atoms with Crippen molar-refractivity contribution in [1.82, 2.24) is 4.98 Å². The third-order valence-electron chi connectivity index (χ3n) is 2.61. The molecule has 106 valence electrons. The lowest BCUT2D eigenvalue weighted by Gasteiger charge is -2.09. The van der Waals surface area contributed by atoms with Crippen LogP contribution in [-0.2, 0) is 16.4 Å². The minimum Gasteiger partial charge on any atom is -0.439 e. The number of hydrogen-bond donors (Lipinski definition) is 1. The van der Waals surface area contributed by atoms with Gasteiger partial charge in [-0.05, 0) is 24.1 Å². The summed E-state index contributed by atoms with van der Waals surface area (Å²) in [5.74, 6) is 1.18. The molecule has 0 saturated carbocycles. The van der Waals surface area contributed by atoms with Gasteiger partial charge in [-0.2, -0.15) is 0 Å². The minimum absolute atomic E-state index is 0.406. The van der Waals surface area contributed by atoms with Crippen LogP contribution in [0.3, 0.4) is 0 Å². The fraction of sp³-hybridized carbons (Fsp3) is 0.214. The van der Waals surface area contributed by atoms with E-state index in [0.717, 1.165) is 24.0 Å². The average Bonchev–Trinajstić information content (AvgIpc) is 2.40. The van der Waals surface area contributed by atoms with Crippen molar-refractivity contribution in [3.05, 3.63) is 48.2 Å². The van der Waals surface area contributed by atoms with Gasteiger partial charge in [0.05, 0.1) is 18.1 Å². The van der Waals surface area contributed by atoms with Crippen LogP contribution in [-0.4, -0.2) is 19.7 Å². The number of nitrogens with one attached hydrogen (secondary N) is 1. The first kappa shape index (κ1) is 14.3. The molecule has 0 amide bonds. The van der Waals surface area contributed by atoms with Crippen molar-refractivity contribution in [2.24, 2.45) is 0 Å². The van der Waals surface area contributed by atoms with E-state index < -0.39 is 10.0 Å². The molecule has 0 fully saturated rings. The van der Waals surface area contributed by atoms with E-state index in [2.05, 4.69) is 16.6 Å². The molecule has 1 heterocycles. The Kier molecular flexibility index (Phi) is 4.24. The maximum absolute atomic E-state index is 11.1. The third kappa shape index (κ3) is 3.96. The second kappa shape index (κ2) is 5.92. The Bertz CT molecular complexity index is 682. The molecule has 20 heavy (non-hydrogen) atoms. The molecule has 1 N–H and O–H groups in total. The van der Waals surface area contributed by atoms with Crippen molar-refractivity contribution in [2.45, 2.75) is 13.3 Å². The molecule has 2 rings (SSSR count). The topological polar surface area (TPSA) is 68.3 Å². The first-order chi connectivity index (χ1) is 9.48. The Balaban J connectivity index is 2.15. The maximum atomic E-state index is 11.1. The van der Waals surface area contributed by atoms with Gasteiger partial charge < -0.3 is 4.74 Å². The van der Waals surface area contributed by atoms with Crippen LogP contribution in [0.15, 0.2) is 42.6 Å². The summed E-state index contributed by atoms with van der Waals surface area (Å²) >= 11 is 0. The van der Waals surface area contributed by atoms with Crippen LogP contribution in [0.4, 0.5) is 5.69 Å². The molecular weight excluding hydrogens is 276 g/mol. The highest BCUT2D eigenvalue weighted by molar-refractivity contribution is 7.92. The lowest BCUT2D eigenvalue weighted by molar-refractivity contribution is 0.458. The number of pyridine rings is 1. The summed E-state index contributed by atoms with van der Waals surface area (Å²) in [4.78, 5) is 4.08. The van der Waals surface area contributed by atoms with Gasteiger partial charge in [0, 0.05) is 6.07 Å². The number of aromatic nitrogens is 1. The molecule has 0 bridgehead atoms. The number of ether oxygens (including phenoxy) is 1. The number of benzene rings is 1. The van der Waals surface area contributed by atoms with Crippen LogP contribution >= 0.6 is 0 Å². The van der Waals surface area contributed by atoms with Crippen molar-refractivity contribution in [2.75, 3.05) is 11.0 Å². The van der Waals surface area contributed by atoms with Gasteiger partial charge in [-0.3, -0.25) is 4.72 Å². The molecular formula is C14H16N2O3S. The summed E-state index contributed by atoms with van der Waals surface area (Å²) in [6.07, 6.45) is 3.38. The Morgan fingerprint density at radius 1 is 1.20 bits per heavy atom. The van der Waals surface area contributed by atoms with E-state index in [1.165, 1.54) is 6.20 Å². The predicted octanol–water partition coefficient (Wildman–Crippen LogP) is 2.81. The van der Waals surface area contributed by atoms with Gasteiger partial charge in [-0.15, -0.1) is 0 Å². The fourth-order valence-electron chi connectivity index (χ4n) is 1.72. The largest absolute Gasteiger partial charge is 0.439 e. The van der Waals surface area contributed by atoms with E-state index in [1.807, 2.05) is 24.3 Å². The van der Waals surface area contributed by atoms with Gasteiger partial charge in [0.15, 0.2) is 0 Å². The molecule has 0 aliphatic heterocycles. The normalized spacial score (nSPS) is 11.1. The highest BCUT2D eigenvalue weighted by atomic mass is 32.2. The van der Waals surface area contributed by atoms with Gasteiger partial charge in [0.25, 0.3) is 0 Å². The van der Waals surface area contributed by atoms with Gasteiger partial charge >= 0.3 is 0 Å². The van der Waals surface area contributed by atoms with Crippen molar-refractivity contribution in [1.29, 1.82) is 0 Å². The predicted molar refractivity (Wildman–Crippen MR) is 78.6 cm³/mol. The molecule has 0 radical (unpaired) electrons. The molecule has 5 nitrogen and oxygen atoms in total. The molecule has 0 aliphatic rings.